The third kappa shape index (κ3) is 4.49. The summed E-state index contributed by atoms with van der Waals surface area (Å²) in [6.07, 6.45) is 6.47. The fourth-order valence-electron chi connectivity index (χ4n) is 3.20. The number of ether oxygens (including phenoxy) is 1. The largest absolute Gasteiger partial charge is 0.490 e. The lowest BCUT2D eigenvalue weighted by Crippen LogP contribution is -2.11. The minimum Gasteiger partial charge on any atom is -0.490 e. The third-order valence-electron chi connectivity index (χ3n) is 4.67. The number of nitrogens with one attached hydrogen (secondary N) is 1. The molecule has 4 aromatic rings. The summed E-state index contributed by atoms with van der Waals surface area (Å²) in [5.41, 5.74) is 2.44. The zero-order valence-corrected chi connectivity index (χ0v) is 17.7. The highest BCUT2D eigenvalue weighted by Gasteiger charge is 2.16. The first-order valence-corrected chi connectivity index (χ1v) is 10.2. The van der Waals surface area contributed by atoms with Gasteiger partial charge >= 0.3 is 0 Å². The Morgan fingerprint density at radius 2 is 2.06 bits per heavy atom. The Bertz CT molecular complexity index is 1190. The van der Waals surface area contributed by atoms with Gasteiger partial charge in [0.05, 0.1) is 18.4 Å². The van der Waals surface area contributed by atoms with Crippen molar-refractivity contribution in [3.05, 3.63) is 60.4 Å². The van der Waals surface area contributed by atoms with E-state index < -0.39 is 18.5 Å². The standard InChI is InChI=1S/C20H20F3N6OP/c1-12(15-8-14(22)2-3-17(15)30-7-5-21)26-18-4-6-28-19(27-18)16(10-25-28)13-9-24-29(11-13)20(23)31/h2-4,6,8-12,20H,5,7,31H2,1H3,(H,26,27). The van der Waals surface area contributed by atoms with E-state index in [1.165, 1.54) is 22.9 Å². The number of aromatic nitrogens is 5. The van der Waals surface area contributed by atoms with Crippen LogP contribution in [-0.4, -0.2) is 37.7 Å². The Kier molecular flexibility index (Phi) is 6.08. The number of hydrogen-bond donors (Lipinski definition) is 1. The molecule has 3 unspecified atom stereocenters. The Labute approximate surface area is 178 Å². The summed E-state index contributed by atoms with van der Waals surface area (Å²) >= 11 is 0. The van der Waals surface area contributed by atoms with Gasteiger partial charge in [0.1, 0.15) is 30.7 Å². The van der Waals surface area contributed by atoms with Crippen LogP contribution in [0.1, 0.15) is 24.6 Å². The van der Waals surface area contributed by atoms with Crippen LogP contribution in [0.3, 0.4) is 0 Å². The summed E-state index contributed by atoms with van der Waals surface area (Å²) in [7, 11) is 2.03. The molecule has 0 bridgehead atoms. The topological polar surface area (TPSA) is 69.3 Å². The number of alkyl halides is 2. The lowest BCUT2D eigenvalue weighted by Gasteiger charge is -2.19. The second-order valence-electron chi connectivity index (χ2n) is 6.81. The average Bonchev–Trinajstić information content (AvgIpc) is 3.39. The van der Waals surface area contributed by atoms with E-state index in [-0.39, 0.29) is 12.6 Å². The third-order valence-corrected chi connectivity index (χ3v) is 4.98. The van der Waals surface area contributed by atoms with Crippen molar-refractivity contribution < 1.29 is 17.9 Å². The van der Waals surface area contributed by atoms with Crippen LogP contribution in [-0.2, 0) is 0 Å². The van der Waals surface area contributed by atoms with Crippen LogP contribution in [0, 0.1) is 5.82 Å². The zero-order valence-electron chi connectivity index (χ0n) is 16.5. The van der Waals surface area contributed by atoms with E-state index in [1.54, 1.807) is 35.4 Å². The highest BCUT2D eigenvalue weighted by Crippen LogP contribution is 2.30. The summed E-state index contributed by atoms with van der Waals surface area (Å²) in [6.45, 7) is 1.07. The fourth-order valence-corrected chi connectivity index (χ4v) is 3.37. The molecule has 11 heteroatoms. The summed E-state index contributed by atoms with van der Waals surface area (Å²) < 4.78 is 48.0. The Hall–Kier alpha value is -3.13. The van der Waals surface area contributed by atoms with Gasteiger partial charge in [-0.05, 0) is 31.2 Å². The minimum absolute atomic E-state index is 0.113. The average molecular weight is 448 g/mol. The molecule has 3 heterocycles. The van der Waals surface area contributed by atoms with Gasteiger partial charge in [-0.2, -0.15) is 10.2 Å². The minimum atomic E-state index is -1.33. The molecule has 0 aliphatic rings. The van der Waals surface area contributed by atoms with E-state index >= 15 is 0 Å². The predicted octanol–water partition coefficient (Wildman–Crippen LogP) is 4.55. The number of halogens is 3. The summed E-state index contributed by atoms with van der Waals surface area (Å²) in [5.74, 6) is 0.495. The maximum atomic E-state index is 13.8. The molecule has 4 rings (SSSR count). The molecule has 0 saturated carbocycles. The molecule has 0 fully saturated rings. The molecule has 3 aromatic heterocycles. The molecule has 0 amide bonds. The number of nitrogens with zero attached hydrogens (tertiary/aromatic N) is 5. The van der Waals surface area contributed by atoms with Gasteiger partial charge in [-0.15, -0.1) is 0 Å². The van der Waals surface area contributed by atoms with Crippen molar-refractivity contribution in [3.63, 3.8) is 0 Å². The lowest BCUT2D eigenvalue weighted by atomic mass is 10.1. The molecule has 0 aliphatic carbocycles. The highest BCUT2D eigenvalue weighted by atomic mass is 31.0. The molecule has 1 aromatic carbocycles. The molecule has 1 N–H and O–H groups in total. The molecule has 3 atom stereocenters. The molecule has 0 radical (unpaired) electrons. The van der Waals surface area contributed by atoms with E-state index in [9.17, 15) is 13.2 Å². The van der Waals surface area contributed by atoms with Crippen molar-refractivity contribution in [2.45, 2.75) is 19.0 Å². The predicted molar refractivity (Wildman–Crippen MR) is 114 cm³/mol. The normalized spacial score (nSPS) is 13.3. The lowest BCUT2D eigenvalue weighted by molar-refractivity contribution is 0.270. The van der Waals surface area contributed by atoms with Crippen LogP contribution in [0.15, 0.2) is 49.1 Å². The van der Waals surface area contributed by atoms with Crippen LogP contribution in [0.4, 0.5) is 19.0 Å². The van der Waals surface area contributed by atoms with E-state index in [0.29, 0.717) is 33.9 Å². The first kappa shape index (κ1) is 21.1. The van der Waals surface area contributed by atoms with E-state index in [0.717, 1.165) is 0 Å². The summed E-state index contributed by atoms with van der Waals surface area (Å²) in [5, 5.41) is 11.5. The first-order valence-electron chi connectivity index (χ1n) is 9.49. The van der Waals surface area contributed by atoms with Crippen molar-refractivity contribution >= 4 is 20.7 Å². The molecule has 31 heavy (non-hydrogen) atoms. The second-order valence-corrected chi connectivity index (χ2v) is 7.36. The Morgan fingerprint density at radius 1 is 1.23 bits per heavy atom. The highest BCUT2D eigenvalue weighted by molar-refractivity contribution is 7.16. The molecular weight excluding hydrogens is 428 g/mol. The fraction of sp³-hybridized carbons (Fsp3) is 0.250. The maximum Gasteiger partial charge on any atom is 0.203 e. The number of anilines is 1. The number of rotatable bonds is 8. The van der Waals surface area contributed by atoms with Crippen LogP contribution >= 0.6 is 9.24 Å². The maximum absolute atomic E-state index is 13.8. The van der Waals surface area contributed by atoms with Crippen molar-refractivity contribution in [1.29, 1.82) is 0 Å². The van der Waals surface area contributed by atoms with Crippen molar-refractivity contribution in [1.82, 2.24) is 24.4 Å². The van der Waals surface area contributed by atoms with Crippen molar-refractivity contribution in [2.75, 3.05) is 18.6 Å². The summed E-state index contributed by atoms with van der Waals surface area (Å²) in [4.78, 5) is 4.60. The molecule has 0 spiro atoms. The molecule has 0 aliphatic heterocycles. The van der Waals surface area contributed by atoms with E-state index in [1.807, 2.05) is 16.2 Å². The quantitative estimate of drug-likeness (QED) is 0.401. The van der Waals surface area contributed by atoms with Gasteiger partial charge in [0.2, 0.25) is 6.04 Å². The van der Waals surface area contributed by atoms with E-state index in [4.69, 9.17) is 4.74 Å². The van der Waals surface area contributed by atoms with Gasteiger partial charge in [-0.3, -0.25) is 0 Å². The van der Waals surface area contributed by atoms with Crippen LogP contribution < -0.4 is 10.1 Å². The molecule has 7 nitrogen and oxygen atoms in total. The molecular formula is C20H20F3N6OP. The monoisotopic (exact) mass is 448 g/mol. The Morgan fingerprint density at radius 3 is 2.81 bits per heavy atom. The van der Waals surface area contributed by atoms with Crippen LogP contribution in [0.25, 0.3) is 16.8 Å². The van der Waals surface area contributed by atoms with E-state index in [2.05, 4.69) is 20.5 Å². The zero-order chi connectivity index (χ0) is 22.0. The second kappa shape index (κ2) is 8.93. The first-order chi connectivity index (χ1) is 15.0. The van der Waals surface area contributed by atoms with Gasteiger partial charge in [-0.1, -0.05) is 9.24 Å². The van der Waals surface area contributed by atoms with Gasteiger partial charge < -0.3 is 10.1 Å². The van der Waals surface area contributed by atoms with Crippen molar-refractivity contribution in [3.8, 4) is 16.9 Å². The molecule has 0 saturated heterocycles. The van der Waals surface area contributed by atoms with Crippen LogP contribution in [0.5, 0.6) is 5.75 Å². The van der Waals surface area contributed by atoms with Gasteiger partial charge in [0, 0.05) is 29.1 Å². The van der Waals surface area contributed by atoms with Gasteiger partial charge in [-0.25, -0.2) is 27.4 Å². The number of benzene rings is 1. The molecule has 162 valence electrons. The van der Waals surface area contributed by atoms with Crippen LogP contribution in [0.2, 0.25) is 0 Å². The number of fused-ring (bicyclic) bond motifs is 1. The Balaban J connectivity index is 1.63. The SMILES string of the molecule is CC(Nc1ccn2ncc(-c3cnn(C(F)P)c3)c2n1)c1cc(F)ccc1OCCF. The smallest absolute Gasteiger partial charge is 0.203 e. The van der Waals surface area contributed by atoms with Gasteiger partial charge in [0.25, 0.3) is 0 Å². The summed E-state index contributed by atoms with van der Waals surface area (Å²) in [6, 6.07) is 4.11. The van der Waals surface area contributed by atoms with Gasteiger partial charge in [0.15, 0.2) is 5.65 Å². The number of hydrogen-bond acceptors (Lipinski definition) is 5. The van der Waals surface area contributed by atoms with Crippen molar-refractivity contribution in [2.24, 2.45) is 0 Å².